The highest BCUT2D eigenvalue weighted by Crippen LogP contribution is 2.22. The Morgan fingerprint density at radius 1 is 1.00 bits per heavy atom. The smallest absolute Gasteiger partial charge is 0.232 e. The Morgan fingerprint density at radius 3 is 2.50 bits per heavy atom. The number of nitrogens with zero attached hydrogens (tertiary/aromatic N) is 1. The zero-order valence-corrected chi connectivity index (χ0v) is 13.6. The van der Waals surface area contributed by atoms with Gasteiger partial charge in [-0.2, -0.15) is 0 Å². The SMILES string of the molecule is Cc1cccc(NC(=O)C(Cc2ccccn2)c2ccccc2)c1. The van der Waals surface area contributed by atoms with E-state index in [-0.39, 0.29) is 11.8 Å². The molecule has 3 heteroatoms. The molecule has 0 aliphatic rings. The van der Waals surface area contributed by atoms with Crippen LogP contribution in [0.2, 0.25) is 0 Å². The van der Waals surface area contributed by atoms with Gasteiger partial charge in [-0.25, -0.2) is 0 Å². The van der Waals surface area contributed by atoms with Crippen LogP contribution in [0.15, 0.2) is 79.0 Å². The molecular formula is C21H20N2O. The maximum atomic E-state index is 12.9. The van der Waals surface area contributed by atoms with Crippen molar-refractivity contribution >= 4 is 11.6 Å². The average molecular weight is 316 g/mol. The highest BCUT2D eigenvalue weighted by Gasteiger charge is 2.21. The molecule has 3 aromatic rings. The Kier molecular flexibility index (Phi) is 5.02. The maximum Gasteiger partial charge on any atom is 0.232 e. The molecule has 0 saturated carbocycles. The fourth-order valence-electron chi connectivity index (χ4n) is 2.73. The first-order valence-electron chi connectivity index (χ1n) is 8.05. The molecule has 24 heavy (non-hydrogen) atoms. The molecule has 0 radical (unpaired) electrons. The summed E-state index contributed by atoms with van der Waals surface area (Å²) >= 11 is 0. The number of rotatable bonds is 5. The minimum absolute atomic E-state index is 0.0162. The molecule has 0 saturated heterocycles. The molecule has 1 heterocycles. The Bertz CT molecular complexity index is 800. The summed E-state index contributed by atoms with van der Waals surface area (Å²) < 4.78 is 0. The lowest BCUT2D eigenvalue weighted by Gasteiger charge is -2.17. The van der Waals surface area contributed by atoms with E-state index in [4.69, 9.17) is 0 Å². The summed E-state index contributed by atoms with van der Waals surface area (Å²) in [6, 6.07) is 23.5. The lowest BCUT2D eigenvalue weighted by Crippen LogP contribution is -2.23. The van der Waals surface area contributed by atoms with Crippen molar-refractivity contribution < 1.29 is 4.79 Å². The predicted molar refractivity (Wildman–Crippen MR) is 96.9 cm³/mol. The monoisotopic (exact) mass is 316 g/mol. The molecule has 3 nitrogen and oxygen atoms in total. The third-order valence-corrected chi connectivity index (χ3v) is 3.94. The van der Waals surface area contributed by atoms with Gasteiger partial charge in [0.05, 0.1) is 5.92 Å². The Morgan fingerprint density at radius 2 is 1.79 bits per heavy atom. The average Bonchev–Trinajstić information content (AvgIpc) is 2.61. The van der Waals surface area contributed by atoms with Crippen LogP contribution in [-0.2, 0) is 11.2 Å². The first kappa shape index (κ1) is 15.9. The molecule has 1 unspecified atom stereocenters. The van der Waals surface area contributed by atoms with Gasteiger partial charge < -0.3 is 5.32 Å². The first-order chi connectivity index (χ1) is 11.7. The number of benzene rings is 2. The summed E-state index contributed by atoms with van der Waals surface area (Å²) in [6.07, 6.45) is 2.33. The molecule has 2 aromatic carbocycles. The number of carbonyl (C=O) groups excluding carboxylic acids is 1. The fraction of sp³-hybridized carbons (Fsp3) is 0.143. The number of anilines is 1. The van der Waals surface area contributed by atoms with Crippen molar-refractivity contribution in [2.75, 3.05) is 5.32 Å². The molecule has 0 spiro atoms. The van der Waals surface area contributed by atoms with Crippen molar-refractivity contribution in [2.24, 2.45) is 0 Å². The van der Waals surface area contributed by atoms with Gasteiger partial charge in [0.25, 0.3) is 0 Å². The minimum Gasteiger partial charge on any atom is -0.326 e. The van der Waals surface area contributed by atoms with Gasteiger partial charge >= 0.3 is 0 Å². The first-order valence-corrected chi connectivity index (χ1v) is 8.05. The standard InChI is InChI=1S/C21H20N2O/c1-16-8-7-12-19(14-16)23-21(24)20(17-9-3-2-4-10-17)15-18-11-5-6-13-22-18/h2-14,20H,15H2,1H3,(H,23,24). The normalized spacial score (nSPS) is 11.7. The molecule has 1 N–H and O–H groups in total. The number of carbonyl (C=O) groups is 1. The highest BCUT2D eigenvalue weighted by molar-refractivity contribution is 5.96. The summed E-state index contributed by atoms with van der Waals surface area (Å²) in [5.74, 6) is -0.293. The number of aryl methyl sites for hydroxylation is 1. The van der Waals surface area contributed by atoms with Crippen LogP contribution >= 0.6 is 0 Å². The van der Waals surface area contributed by atoms with Crippen LogP contribution < -0.4 is 5.32 Å². The van der Waals surface area contributed by atoms with Gasteiger partial charge in [-0.1, -0.05) is 48.5 Å². The maximum absolute atomic E-state index is 12.9. The molecule has 0 fully saturated rings. The molecule has 0 aliphatic heterocycles. The van der Waals surface area contributed by atoms with Crippen molar-refractivity contribution in [2.45, 2.75) is 19.3 Å². The van der Waals surface area contributed by atoms with E-state index in [1.54, 1.807) is 6.20 Å². The van der Waals surface area contributed by atoms with E-state index in [2.05, 4.69) is 10.3 Å². The molecule has 3 rings (SSSR count). The van der Waals surface area contributed by atoms with Gasteiger partial charge in [0.1, 0.15) is 0 Å². The fourth-order valence-corrected chi connectivity index (χ4v) is 2.73. The summed E-state index contributed by atoms with van der Waals surface area (Å²) in [5, 5.41) is 3.03. The zero-order chi connectivity index (χ0) is 16.8. The van der Waals surface area contributed by atoms with Crippen LogP contribution in [0.5, 0.6) is 0 Å². The Labute approximate surface area is 142 Å². The molecule has 120 valence electrons. The van der Waals surface area contributed by atoms with Gasteiger partial charge in [0.15, 0.2) is 0 Å². The number of hydrogen-bond acceptors (Lipinski definition) is 2. The van der Waals surface area contributed by atoms with E-state index in [1.165, 1.54) is 0 Å². The van der Waals surface area contributed by atoms with E-state index in [1.807, 2.05) is 79.7 Å². The van der Waals surface area contributed by atoms with Crippen LogP contribution in [0, 0.1) is 6.92 Å². The Balaban J connectivity index is 1.85. The number of nitrogens with one attached hydrogen (secondary N) is 1. The van der Waals surface area contributed by atoms with Crippen molar-refractivity contribution in [1.29, 1.82) is 0 Å². The number of amides is 1. The zero-order valence-electron chi connectivity index (χ0n) is 13.6. The second-order valence-corrected chi connectivity index (χ2v) is 5.85. The van der Waals surface area contributed by atoms with Gasteiger partial charge in [-0.3, -0.25) is 9.78 Å². The summed E-state index contributed by atoms with van der Waals surface area (Å²) in [7, 11) is 0. The van der Waals surface area contributed by atoms with Crippen LogP contribution in [0.25, 0.3) is 0 Å². The summed E-state index contributed by atoms with van der Waals surface area (Å²) in [6.45, 7) is 2.01. The number of hydrogen-bond donors (Lipinski definition) is 1. The van der Waals surface area contributed by atoms with E-state index in [0.717, 1.165) is 22.5 Å². The third-order valence-electron chi connectivity index (χ3n) is 3.94. The van der Waals surface area contributed by atoms with Gasteiger partial charge in [0.2, 0.25) is 5.91 Å². The summed E-state index contributed by atoms with van der Waals surface area (Å²) in [5.41, 5.74) is 3.84. The minimum atomic E-state index is -0.276. The second-order valence-electron chi connectivity index (χ2n) is 5.85. The predicted octanol–water partition coefficient (Wildman–Crippen LogP) is 4.36. The van der Waals surface area contributed by atoms with Crippen LogP contribution in [0.1, 0.15) is 22.7 Å². The second kappa shape index (κ2) is 7.55. The van der Waals surface area contributed by atoms with Crippen LogP contribution in [0.3, 0.4) is 0 Å². The van der Waals surface area contributed by atoms with Crippen molar-refractivity contribution in [1.82, 2.24) is 4.98 Å². The summed E-state index contributed by atoms with van der Waals surface area (Å²) in [4.78, 5) is 17.3. The van der Waals surface area contributed by atoms with Crippen LogP contribution in [0.4, 0.5) is 5.69 Å². The molecule has 1 amide bonds. The largest absolute Gasteiger partial charge is 0.326 e. The van der Waals surface area contributed by atoms with E-state index < -0.39 is 0 Å². The van der Waals surface area contributed by atoms with Crippen molar-refractivity contribution in [3.63, 3.8) is 0 Å². The van der Waals surface area contributed by atoms with Gasteiger partial charge in [0, 0.05) is 24.0 Å². The number of aromatic nitrogens is 1. The lowest BCUT2D eigenvalue weighted by atomic mass is 9.93. The molecule has 1 aromatic heterocycles. The quantitative estimate of drug-likeness (QED) is 0.760. The van der Waals surface area contributed by atoms with E-state index in [9.17, 15) is 4.79 Å². The molecule has 0 bridgehead atoms. The molecule has 0 aliphatic carbocycles. The number of pyridine rings is 1. The van der Waals surface area contributed by atoms with Gasteiger partial charge in [-0.05, 0) is 42.3 Å². The third kappa shape index (κ3) is 4.07. The van der Waals surface area contributed by atoms with Crippen molar-refractivity contribution in [3.05, 3.63) is 95.8 Å². The Hall–Kier alpha value is -2.94. The van der Waals surface area contributed by atoms with E-state index >= 15 is 0 Å². The van der Waals surface area contributed by atoms with Crippen LogP contribution in [-0.4, -0.2) is 10.9 Å². The van der Waals surface area contributed by atoms with Crippen molar-refractivity contribution in [3.8, 4) is 0 Å². The van der Waals surface area contributed by atoms with E-state index in [0.29, 0.717) is 6.42 Å². The topological polar surface area (TPSA) is 42.0 Å². The molecule has 1 atom stereocenters. The molecular weight excluding hydrogens is 296 g/mol. The van der Waals surface area contributed by atoms with Gasteiger partial charge in [-0.15, -0.1) is 0 Å². The lowest BCUT2D eigenvalue weighted by molar-refractivity contribution is -0.117. The highest BCUT2D eigenvalue weighted by atomic mass is 16.1.